The minimum absolute atomic E-state index is 0.126. The summed E-state index contributed by atoms with van der Waals surface area (Å²) in [6, 6.07) is 2.52. The van der Waals surface area contributed by atoms with Crippen molar-refractivity contribution in [3.8, 4) is 0 Å². The molecule has 148 valence electrons. The number of nitrogens with one attached hydrogen (secondary N) is 2. The molecule has 2 atom stereocenters. The van der Waals surface area contributed by atoms with Gasteiger partial charge in [0, 0.05) is 25.3 Å². The van der Waals surface area contributed by atoms with Crippen LogP contribution in [0.4, 0.5) is 4.39 Å². The van der Waals surface area contributed by atoms with E-state index in [1.54, 1.807) is 23.4 Å². The van der Waals surface area contributed by atoms with Gasteiger partial charge in [0.25, 0.3) is 0 Å². The second-order valence-corrected chi connectivity index (χ2v) is 7.59. The zero-order chi connectivity index (χ0) is 19.7. The van der Waals surface area contributed by atoms with E-state index in [1.807, 2.05) is 0 Å². The molecule has 0 bridgehead atoms. The Kier molecular flexibility index (Phi) is 4.84. The van der Waals surface area contributed by atoms with Gasteiger partial charge >= 0.3 is 0 Å². The highest BCUT2D eigenvalue weighted by molar-refractivity contribution is 5.91. The second kappa shape index (κ2) is 7.31. The quantitative estimate of drug-likeness (QED) is 0.683. The Balaban J connectivity index is 1.42. The van der Waals surface area contributed by atoms with Crippen LogP contribution in [0.1, 0.15) is 30.5 Å². The molecule has 28 heavy (non-hydrogen) atoms. The van der Waals surface area contributed by atoms with Crippen molar-refractivity contribution in [2.45, 2.75) is 43.2 Å². The van der Waals surface area contributed by atoms with Crippen LogP contribution in [-0.4, -0.2) is 62.2 Å². The van der Waals surface area contributed by atoms with Crippen molar-refractivity contribution in [1.82, 2.24) is 25.4 Å². The average molecular weight is 387 g/mol. The molecule has 2 aliphatic rings. The van der Waals surface area contributed by atoms with E-state index in [2.05, 4.69) is 20.5 Å². The molecule has 0 spiro atoms. The van der Waals surface area contributed by atoms with Gasteiger partial charge in [0.2, 0.25) is 11.8 Å². The lowest BCUT2D eigenvalue weighted by Gasteiger charge is -2.37. The van der Waals surface area contributed by atoms with E-state index in [-0.39, 0.29) is 30.8 Å². The van der Waals surface area contributed by atoms with Crippen LogP contribution in [0.25, 0.3) is 0 Å². The van der Waals surface area contributed by atoms with Crippen molar-refractivity contribution in [2.24, 2.45) is 0 Å². The lowest BCUT2D eigenvalue weighted by Crippen LogP contribution is -2.56. The predicted octanol–water partition coefficient (Wildman–Crippen LogP) is 0.296. The highest BCUT2D eigenvalue weighted by Crippen LogP contribution is 2.49. The highest BCUT2D eigenvalue weighted by atomic mass is 19.1. The molecule has 3 N–H and O–H groups in total. The number of β-amino-alcohol motifs (C(OH)–C–C–N with tert-alkyl or cyclic N) is 1. The summed E-state index contributed by atoms with van der Waals surface area (Å²) >= 11 is 0. The highest BCUT2D eigenvalue weighted by Gasteiger charge is 2.55. The fourth-order valence-corrected chi connectivity index (χ4v) is 3.85. The molecule has 1 saturated carbocycles. The normalized spacial score (nSPS) is 23.3. The Labute approximate surface area is 161 Å². The van der Waals surface area contributed by atoms with Gasteiger partial charge in [-0.25, -0.2) is 4.39 Å². The van der Waals surface area contributed by atoms with Crippen LogP contribution in [0, 0.1) is 5.82 Å². The van der Waals surface area contributed by atoms with Crippen molar-refractivity contribution in [1.29, 1.82) is 0 Å². The summed E-state index contributed by atoms with van der Waals surface area (Å²) in [4.78, 5) is 31.1. The molecule has 4 rings (SSSR count). The number of aromatic amines is 1. The number of piperidine rings is 1. The lowest BCUT2D eigenvalue weighted by atomic mass is 9.96. The van der Waals surface area contributed by atoms with Gasteiger partial charge in [-0.05, 0) is 37.0 Å². The van der Waals surface area contributed by atoms with E-state index in [4.69, 9.17) is 0 Å². The first-order chi connectivity index (χ1) is 13.5. The maximum absolute atomic E-state index is 13.2. The van der Waals surface area contributed by atoms with Crippen LogP contribution >= 0.6 is 0 Å². The number of aromatic nitrogens is 3. The second-order valence-electron chi connectivity index (χ2n) is 7.59. The number of nitrogens with zero attached hydrogens (tertiary/aromatic N) is 3. The van der Waals surface area contributed by atoms with Crippen LogP contribution in [0.2, 0.25) is 0 Å². The largest absolute Gasteiger partial charge is 0.391 e. The predicted molar refractivity (Wildman–Crippen MR) is 96.5 cm³/mol. The average Bonchev–Trinajstić information content (AvgIpc) is 3.31. The van der Waals surface area contributed by atoms with E-state index in [0.29, 0.717) is 31.5 Å². The van der Waals surface area contributed by atoms with E-state index in [9.17, 15) is 19.1 Å². The lowest BCUT2D eigenvalue weighted by molar-refractivity contribution is -0.138. The number of amides is 2. The SMILES string of the molecule is O=C(Cc1cn[nH]c1)NC1CC(O)CN(C(=O)C2(c3ccc(F)cn3)CC2)C1. The molecule has 1 saturated heterocycles. The summed E-state index contributed by atoms with van der Waals surface area (Å²) in [7, 11) is 0. The van der Waals surface area contributed by atoms with E-state index in [1.165, 1.54) is 6.07 Å². The van der Waals surface area contributed by atoms with Gasteiger partial charge in [-0.1, -0.05) is 0 Å². The molecule has 1 aliphatic carbocycles. The fraction of sp³-hybridized carbons (Fsp3) is 0.474. The Morgan fingerprint density at radius 1 is 1.32 bits per heavy atom. The molecule has 1 aliphatic heterocycles. The van der Waals surface area contributed by atoms with E-state index < -0.39 is 17.3 Å². The molecule has 2 aromatic rings. The third-order valence-corrected chi connectivity index (χ3v) is 5.38. The zero-order valence-electron chi connectivity index (χ0n) is 15.3. The maximum Gasteiger partial charge on any atom is 0.234 e. The van der Waals surface area contributed by atoms with E-state index in [0.717, 1.165) is 11.8 Å². The first-order valence-electron chi connectivity index (χ1n) is 9.33. The summed E-state index contributed by atoms with van der Waals surface area (Å²) in [6.07, 6.45) is 5.50. The molecule has 8 nitrogen and oxygen atoms in total. The monoisotopic (exact) mass is 387 g/mol. The molecule has 0 aromatic carbocycles. The number of hydrogen-bond acceptors (Lipinski definition) is 5. The molecular weight excluding hydrogens is 365 g/mol. The molecule has 3 heterocycles. The Hall–Kier alpha value is -2.81. The minimum atomic E-state index is -0.740. The van der Waals surface area contributed by atoms with Gasteiger partial charge in [-0.3, -0.25) is 19.7 Å². The van der Waals surface area contributed by atoms with Crippen LogP contribution in [0.15, 0.2) is 30.7 Å². The minimum Gasteiger partial charge on any atom is -0.391 e. The maximum atomic E-state index is 13.2. The Morgan fingerprint density at radius 3 is 2.79 bits per heavy atom. The summed E-state index contributed by atoms with van der Waals surface area (Å²) in [5.74, 6) is -0.755. The van der Waals surface area contributed by atoms with Crippen molar-refractivity contribution in [3.63, 3.8) is 0 Å². The molecule has 0 radical (unpaired) electrons. The van der Waals surface area contributed by atoms with Crippen LogP contribution in [0.5, 0.6) is 0 Å². The van der Waals surface area contributed by atoms with Crippen LogP contribution in [-0.2, 0) is 21.4 Å². The third kappa shape index (κ3) is 3.75. The number of rotatable bonds is 5. The van der Waals surface area contributed by atoms with Crippen molar-refractivity contribution < 1.29 is 19.1 Å². The van der Waals surface area contributed by atoms with Gasteiger partial charge in [-0.2, -0.15) is 5.10 Å². The number of pyridine rings is 1. The Morgan fingerprint density at radius 2 is 2.14 bits per heavy atom. The summed E-state index contributed by atoms with van der Waals surface area (Å²) < 4.78 is 13.2. The van der Waals surface area contributed by atoms with Crippen molar-refractivity contribution in [2.75, 3.05) is 13.1 Å². The Bertz CT molecular complexity index is 851. The van der Waals surface area contributed by atoms with E-state index >= 15 is 0 Å². The topological polar surface area (TPSA) is 111 Å². The van der Waals surface area contributed by atoms with Gasteiger partial charge in [0.05, 0.1) is 36.0 Å². The smallest absolute Gasteiger partial charge is 0.234 e. The number of aliphatic hydroxyl groups is 1. The summed E-state index contributed by atoms with van der Waals surface area (Å²) in [5.41, 5.74) is 0.580. The van der Waals surface area contributed by atoms with Gasteiger partial charge in [0.15, 0.2) is 0 Å². The summed E-state index contributed by atoms with van der Waals surface area (Å²) in [6.45, 7) is 0.547. The first kappa shape index (κ1) is 18.5. The number of halogens is 1. The number of likely N-dealkylation sites (tertiary alicyclic amines) is 1. The zero-order valence-corrected chi connectivity index (χ0v) is 15.3. The summed E-state index contributed by atoms with van der Waals surface area (Å²) in [5, 5.41) is 19.6. The first-order valence-corrected chi connectivity index (χ1v) is 9.33. The number of carbonyl (C=O) groups excluding carboxylic acids is 2. The molecule has 2 aromatic heterocycles. The standard InChI is InChI=1S/C19H22FN5O3/c20-13-1-2-16(21-9-13)19(3-4-19)18(28)25-10-14(6-15(26)11-25)24-17(27)5-12-7-22-23-8-12/h1-2,7-9,14-15,26H,3-6,10-11H2,(H,22,23)(H,24,27). The van der Waals surface area contributed by atoms with Crippen molar-refractivity contribution in [3.05, 3.63) is 47.8 Å². The number of H-pyrrole nitrogens is 1. The number of aliphatic hydroxyl groups excluding tert-OH is 1. The molecule has 9 heteroatoms. The molecular formula is C19H22FN5O3. The van der Waals surface area contributed by atoms with Gasteiger partial charge < -0.3 is 15.3 Å². The van der Waals surface area contributed by atoms with Crippen molar-refractivity contribution >= 4 is 11.8 Å². The van der Waals surface area contributed by atoms with Crippen LogP contribution < -0.4 is 5.32 Å². The number of carbonyl (C=O) groups is 2. The van der Waals surface area contributed by atoms with Gasteiger partial charge in [0.1, 0.15) is 5.82 Å². The van der Waals surface area contributed by atoms with Gasteiger partial charge in [-0.15, -0.1) is 0 Å². The molecule has 2 amide bonds. The van der Waals surface area contributed by atoms with Crippen LogP contribution in [0.3, 0.4) is 0 Å². The number of hydrogen-bond donors (Lipinski definition) is 3. The third-order valence-electron chi connectivity index (χ3n) is 5.38. The fourth-order valence-electron chi connectivity index (χ4n) is 3.85. The molecule has 2 unspecified atom stereocenters. The molecule has 2 fully saturated rings.